The van der Waals surface area contributed by atoms with Crippen LogP contribution >= 0.6 is 7.60 Å². The number of carbonyl (C=O) groups excluding carboxylic acids is 1. The molecule has 0 N–H and O–H groups in total. The minimum Gasteiger partial charge on any atom is -0.489 e. The molecule has 0 fully saturated rings. The molecule has 0 aromatic heterocycles. The fourth-order valence-corrected chi connectivity index (χ4v) is 2.93. The minimum absolute atomic E-state index is 0.289. The lowest BCUT2D eigenvalue weighted by Crippen LogP contribution is -2.09. The molecule has 0 aliphatic carbocycles. The molecule has 0 aliphatic heterocycles. The third kappa shape index (κ3) is 5.03. The predicted octanol–water partition coefficient (Wildman–Crippen LogP) is 3.93. The SMILES string of the molecule is COP(=O)(CC(=O)c1cccc(COc2ccccc2)c1)OC. The van der Waals surface area contributed by atoms with E-state index in [9.17, 15) is 9.36 Å². The Balaban J connectivity index is 2.04. The number of carbonyl (C=O) groups is 1. The standard InChI is InChI=1S/C17H19O5P/c1-20-23(19,21-2)13-17(18)15-8-6-7-14(11-15)12-22-16-9-4-3-5-10-16/h3-11H,12-13H2,1-2H3. The number of para-hydroxylation sites is 1. The van der Waals surface area contributed by atoms with E-state index in [2.05, 4.69) is 0 Å². The largest absolute Gasteiger partial charge is 0.489 e. The zero-order valence-corrected chi connectivity index (χ0v) is 14.0. The molecule has 0 bridgehead atoms. The molecule has 122 valence electrons. The van der Waals surface area contributed by atoms with Gasteiger partial charge in [-0.25, -0.2) is 0 Å². The summed E-state index contributed by atoms with van der Waals surface area (Å²) < 4.78 is 27.3. The number of hydrogen-bond donors (Lipinski definition) is 0. The molecule has 2 aromatic rings. The van der Waals surface area contributed by atoms with Crippen molar-refractivity contribution in [2.45, 2.75) is 6.61 Å². The second kappa shape index (κ2) is 8.06. The number of benzene rings is 2. The van der Waals surface area contributed by atoms with Gasteiger partial charge >= 0.3 is 7.60 Å². The van der Waals surface area contributed by atoms with Crippen molar-refractivity contribution in [3.05, 3.63) is 65.7 Å². The average molecular weight is 334 g/mol. The van der Waals surface area contributed by atoms with Crippen LogP contribution in [-0.4, -0.2) is 26.2 Å². The van der Waals surface area contributed by atoms with Gasteiger partial charge in [-0.2, -0.15) is 0 Å². The lowest BCUT2D eigenvalue weighted by molar-refractivity contribution is 0.101. The molecule has 0 aliphatic rings. The Bertz CT molecular complexity index is 691. The molecule has 2 aromatic carbocycles. The van der Waals surface area contributed by atoms with Crippen molar-refractivity contribution >= 4 is 13.4 Å². The van der Waals surface area contributed by atoms with Gasteiger partial charge in [0.15, 0.2) is 5.78 Å². The van der Waals surface area contributed by atoms with Crippen molar-refractivity contribution in [1.29, 1.82) is 0 Å². The van der Waals surface area contributed by atoms with Crippen molar-refractivity contribution < 1.29 is 23.1 Å². The van der Waals surface area contributed by atoms with Crippen LogP contribution in [0.2, 0.25) is 0 Å². The first-order chi connectivity index (χ1) is 11.1. The summed E-state index contributed by atoms with van der Waals surface area (Å²) in [5.74, 6) is 0.464. The minimum atomic E-state index is -3.36. The van der Waals surface area contributed by atoms with Gasteiger partial charge in [-0.1, -0.05) is 36.4 Å². The fourth-order valence-electron chi connectivity index (χ4n) is 1.99. The van der Waals surface area contributed by atoms with Gasteiger partial charge in [0.05, 0.1) is 0 Å². The van der Waals surface area contributed by atoms with Crippen LogP contribution in [0.25, 0.3) is 0 Å². The zero-order valence-electron chi connectivity index (χ0n) is 13.1. The maximum Gasteiger partial charge on any atom is 0.337 e. The van der Waals surface area contributed by atoms with Crippen molar-refractivity contribution in [2.75, 3.05) is 20.4 Å². The monoisotopic (exact) mass is 334 g/mol. The highest BCUT2D eigenvalue weighted by molar-refractivity contribution is 7.54. The predicted molar refractivity (Wildman–Crippen MR) is 88.0 cm³/mol. The van der Waals surface area contributed by atoms with Gasteiger partial charge < -0.3 is 13.8 Å². The third-order valence-electron chi connectivity index (χ3n) is 3.29. The van der Waals surface area contributed by atoms with E-state index in [1.165, 1.54) is 14.2 Å². The van der Waals surface area contributed by atoms with Gasteiger partial charge in [-0.15, -0.1) is 0 Å². The third-order valence-corrected chi connectivity index (χ3v) is 5.08. The quantitative estimate of drug-likeness (QED) is 0.540. The van der Waals surface area contributed by atoms with Gasteiger partial charge in [-0.3, -0.25) is 9.36 Å². The summed E-state index contributed by atoms with van der Waals surface area (Å²) >= 11 is 0. The van der Waals surface area contributed by atoms with Gasteiger partial charge in [0.1, 0.15) is 18.5 Å². The molecular weight excluding hydrogens is 315 g/mol. The molecular formula is C17H19O5P. The van der Waals surface area contributed by atoms with Crippen molar-refractivity contribution in [1.82, 2.24) is 0 Å². The van der Waals surface area contributed by atoms with Crippen LogP contribution in [0.4, 0.5) is 0 Å². The summed E-state index contributed by atoms with van der Waals surface area (Å²) in [4.78, 5) is 12.2. The van der Waals surface area contributed by atoms with Crippen LogP contribution in [0.5, 0.6) is 5.75 Å². The summed E-state index contributed by atoms with van der Waals surface area (Å²) in [6.07, 6.45) is -0.289. The number of ketones is 1. The molecule has 2 rings (SSSR count). The Morgan fingerprint density at radius 2 is 1.70 bits per heavy atom. The van der Waals surface area contributed by atoms with Crippen LogP contribution in [-0.2, 0) is 20.2 Å². The second-order valence-electron chi connectivity index (χ2n) is 4.86. The smallest absolute Gasteiger partial charge is 0.337 e. The Labute approximate surface area is 135 Å². The molecule has 0 spiro atoms. The molecule has 0 saturated carbocycles. The van der Waals surface area contributed by atoms with Gasteiger partial charge in [0.25, 0.3) is 0 Å². The lowest BCUT2D eigenvalue weighted by atomic mass is 10.1. The molecule has 6 heteroatoms. The Morgan fingerprint density at radius 3 is 2.35 bits per heavy atom. The van der Waals surface area contributed by atoms with E-state index in [0.717, 1.165) is 11.3 Å². The van der Waals surface area contributed by atoms with E-state index in [0.29, 0.717) is 12.2 Å². The van der Waals surface area contributed by atoms with E-state index in [4.69, 9.17) is 13.8 Å². The summed E-state index contributed by atoms with van der Waals surface area (Å²) in [6.45, 7) is 0.345. The summed E-state index contributed by atoms with van der Waals surface area (Å²) in [6, 6.07) is 16.4. The van der Waals surface area contributed by atoms with Crippen molar-refractivity contribution in [3.8, 4) is 5.75 Å². The van der Waals surface area contributed by atoms with E-state index < -0.39 is 7.60 Å². The van der Waals surface area contributed by atoms with Gasteiger partial charge in [0, 0.05) is 19.8 Å². The van der Waals surface area contributed by atoms with E-state index in [1.807, 2.05) is 36.4 Å². The summed E-state index contributed by atoms with van der Waals surface area (Å²) in [7, 11) is -0.831. The average Bonchev–Trinajstić information content (AvgIpc) is 2.61. The first-order valence-corrected chi connectivity index (χ1v) is 8.79. The summed E-state index contributed by atoms with van der Waals surface area (Å²) in [5.41, 5.74) is 1.30. The summed E-state index contributed by atoms with van der Waals surface area (Å²) in [5, 5.41) is 0. The highest BCUT2D eigenvalue weighted by Gasteiger charge is 2.26. The number of ether oxygens (including phenoxy) is 1. The molecule has 0 radical (unpaired) electrons. The van der Waals surface area contributed by atoms with Crippen LogP contribution in [0, 0.1) is 0 Å². The molecule has 0 unspecified atom stereocenters. The van der Waals surface area contributed by atoms with E-state index in [-0.39, 0.29) is 11.9 Å². The highest BCUT2D eigenvalue weighted by Crippen LogP contribution is 2.46. The Kier molecular flexibility index (Phi) is 6.11. The molecule has 0 heterocycles. The van der Waals surface area contributed by atoms with Gasteiger partial charge in [-0.05, 0) is 23.8 Å². The molecule has 5 nitrogen and oxygen atoms in total. The normalized spacial score (nSPS) is 11.2. The molecule has 0 amide bonds. The Morgan fingerprint density at radius 1 is 1.00 bits per heavy atom. The molecule has 0 saturated heterocycles. The number of hydrogen-bond acceptors (Lipinski definition) is 5. The van der Waals surface area contributed by atoms with E-state index in [1.54, 1.807) is 18.2 Å². The Hall–Kier alpha value is -1.94. The highest BCUT2D eigenvalue weighted by atomic mass is 31.2. The second-order valence-corrected chi connectivity index (χ2v) is 7.13. The topological polar surface area (TPSA) is 61.8 Å². The molecule has 0 atom stereocenters. The van der Waals surface area contributed by atoms with Crippen LogP contribution in [0.15, 0.2) is 54.6 Å². The van der Waals surface area contributed by atoms with E-state index >= 15 is 0 Å². The van der Waals surface area contributed by atoms with Crippen LogP contribution in [0.3, 0.4) is 0 Å². The first kappa shape index (κ1) is 17.4. The van der Waals surface area contributed by atoms with Crippen molar-refractivity contribution in [2.24, 2.45) is 0 Å². The zero-order chi connectivity index (χ0) is 16.7. The van der Waals surface area contributed by atoms with Gasteiger partial charge in [0.2, 0.25) is 0 Å². The lowest BCUT2D eigenvalue weighted by Gasteiger charge is -2.13. The number of rotatable bonds is 8. The maximum absolute atomic E-state index is 12.2. The fraction of sp³-hybridized carbons (Fsp3) is 0.235. The van der Waals surface area contributed by atoms with Crippen molar-refractivity contribution in [3.63, 3.8) is 0 Å². The first-order valence-electron chi connectivity index (χ1n) is 7.07. The number of Topliss-reactive ketones (excluding diaryl/α,β-unsaturated/α-hetero) is 1. The maximum atomic E-state index is 12.2. The molecule has 23 heavy (non-hydrogen) atoms. The van der Waals surface area contributed by atoms with Crippen LogP contribution in [0.1, 0.15) is 15.9 Å². The van der Waals surface area contributed by atoms with Crippen LogP contribution < -0.4 is 4.74 Å².